The summed E-state index contributed by atoms with van der Waals surface area (Å²) in [5.74, 6) is -0.615. The van der Waals surface area contributed by atoms with E-state index in [0.29, 0.717) is 5.75 Å². The molecule has 2 aromatic rings. The van der Waals surface area contributed by atoms with Crippen molar-refractivity contribution in [3.63, 3.8) is 0 Å². The van der Waals surface area contributed by atoms with Gasteiger partial charge in [-0.15, -0.1) is 0 Å². The Bertz CT molecular complexity index is 902. The maximum absolute atomic E-state index is 14.2. The zero-order chi connectivity index (χ0) is 20.0. The van der Waals surface area contributed by atoms with Crippen molar-refractivity contribution in [1.82, 2.24) is 5.32 Å². The highest BCUT2D eigenvalue weighted by Crippen LogP contribution is 2.25. The van der Waals surface area contributed by atoms with Gasteiger partial charge in [0, 0.05) is 12.1 Å². The molecule has 0 aliphatic heterocycles. The number of halogens is 1. The maximum Gasteiger partial charge on any atom is 0.244 e. The standard InChI is InChI=1S/C19H23FN2O4S/c1-4-16(19(23)21-13-14-9-5-8-12-18(14)26-2)22(27(3,24)25)17-11-7-6-10-15(17)20/h5-12,16H,4,13H2,1-3H3,(H,21,23)/t16-/m1/s1. The summed E-state index contributed by atoms with van der Waals surface area (Å²) in [4.78, 5) is 12.7. The predicted molar refractivity (Wildman–Crippen MR) is 103 cm³/mol. The Balaban J connectivity index is 2.29. The number of amides is 1. The van der Waals surface area contributed by atoms with Gasteiger partial charge >= 0.3 is 0 Å². The van der Waals surface area contributed by atoms with Crippen molar-refractivity contribution in [2.45, 2.75) is 25.9 Å². The zero-order valence-electron chi connectivity index (χ0n) is 15.5. The summed E-state index contributed by atoms with van der Waals surface area (Å²) < 4.78 is 44.9. The van der Waals surface area contributed by atoms with Crippen molar-refractivity contribution in [3.05, 3.63) is 59.9 Å². The molecule has 0 aromatic heterocycles. The molecule has 8 heteroatoms. The van der Waals surface area contributed by atoms with Crippen LogP contribution in [0.15, 0.2) is 48.5 Å². The number of benzene rings is 2. The number of nitrogens with zero attached hydrogens (tertiary/aromatic N) is 1. The number of methoxy groups -OCH3 is 1. The van der Waals surface area contributed by atoms with Crippen LogP contribution in [-0.2, 0) is 21.4 Å². The molecule has 2 rings (SSSR count). The second-order valence-electron chi connectivity index (χ2n) is 5.96. The van der Waals surface area contributed by atoms with Crippen LogP contribution in [0.25, 0.3) is 0 Å². The van der Waals surface area contributed by atoms with E-state index >= 15 is 0 Å². The second-order valence-corrected chi connectivity index (χ2v) is 7.82. The first-order valence-electron chi connectivity index (χ1n) is 8.43. The molecule has 0 heterocycles. The molecule has 0 spiro atoms. The van der Waals surface area contributed by atoms with E-state index in [0.717, 1.165) is 22.2 Å². The Labute approximate surface area is 159 Å². The summed E-state index contributed by atoms with van der Waals surface area (Å²) in [5.41, 5.74) is 0.597. The first-order valence-corrected chi connectivity index (χ1v) is 10.3. The van der Waals surface area contributed by atoms with E-state index in [-0.39, 0.29) is 18.7 Å². The van der Waals surface area contributed by atoms with Crippen LogP contribution in [0.4, 0.5) is 10.1 Å². The molecule has 0 bridgehead atoms. The largest absolute Gasteiger partial charge is 0.496 e. The van der Waals surface area contributed by atoms with Crippen LogP contribution in [0, 0.1) is 5.82 Å². The molecule has 0 radical (unpaired) electrons. The number of hydrogen-bond donors (Lipinski definition) is 1. The molecule has 1 N–H and O–H groups in total. The highest BCUT2D eigenvalue weighted by molar-refractivity contribution is 7.92. The van der Waals surface area contributed by atoms with Gasteiger partial charge in [-0.3, -0.25) is 9.10 Å². The van der Waals surface area contributed by atoms with Crippen LogP contribution in [0.5, 0.6) is 5.75 Å². The van der Waals surface area contributed by atoms with Crippen molar-refractivity contribution >= 4 is 21.6 Å². The lowest BCUT2D eigenvalue weighted by Gasteiger charge is -2.30. The molecule has 27 heavy (non-hydrogen) atoms. The highest BCUT2D eigenvalue weighted by atomic mass is 32.2. The second kappa shape index (κ2) is 8.85. The lowest BCUT2D eigenvalue weighted by Crippen LogP contribution is -2.49. The number of para-hydroxylation sites is 2. The maximum atomic E-state index is 14.2. The fourth-order valence-corrected chi connectivity index (χ4v) is 4.03. The van der Waals surface area contributed by atoms with Crippen LogP contribution in [0.3, 0.4) is 0 Å². The summed E-state index contributed by atoms with van der Waals surface area (Å²) in [6, 6.07) is 11.6. The number of hydrogen-bond acceptors (Lipinski definition) is 4. The molecule has 0 aliphatic rings. The van der Waals surface area contributed by atoms with Crippen molar-refractivity contribution in [2.75, 3.05) is 17.7 Å². The molecule has 1 amide bonds. The van der Waals surface area contributed by atoms with Crippen molar-refractivity contribution in [2.24, 2.45) is 0 Å². The minimum absolute atomic E-state index is 0.153. The summed E-state index contributed by atoms with van der Waals surface area (Å²) in [6.45, 7) is 1.83. The first-order chi connectivity index (χ1) is 12.8. The molecule has 0 fully saturated rings. The minimum Gasteiger partial charge on any atom is -0.496 e. The molecule has 1 atom stereocenters. The Morgan fingerprint density at radius 1 is 1.19 bits per heavy atom. The molecular weight excluding hydrogens is 371 g/mol. The quantitative estimate of drug-likeness (QED) is 0.747. The molecule has 146 valence electrons. The number of carbonyl (C=O) groups excluding carboxylic acids is 1. The Morgan fingerprint density at radius 3 is 2.41 bits per heavy atom. The summed E-state index contributed by atoms with van der Waals surface area (Å²) in [6.07, 6.45) is 1.13. The highest BCUT2D eigenvalue weighted by Gasteiger charge is 2.33. The van der Waals surface area contributed by atoms with Gasteiger partial charge in [0.1, 0.15) is 17.6 Å². The van der Waals surface area contributed by atoms with E-state index in [1.54, 1.807) is 19.1 Å². The van der Waals surface area contributed by atoms with Gasteiger partial charge in [-0.05, 0) is 24.6 Å². The van der Waals surface area contributed by atoms with Crippen molar-refractivity contribution in [1.29, 1.82) is 0 Å². The summed E-state index contributed by atoms with van der Waals surface area (Å²) in [5, 5.41) is 2.72. The third kappa shape index (κ3) is 4.97. The lowest BCUT2D eigenvalue weighted by molar-refractivity contribution is -0.122. The zero-order valence-corrected chi connectivity index (χ0v) is 16.3. The van der Waals surface area contributed by atoms with Gasteiger partial charge in [-0.25, -0.2) is 12.8 Å². The average Bonchev–Trinajstić information content (AvgIpc) is 2.64. The van der Waals surface area contributed by atoms with E-state index in [4.69, 9.17) is 4.74 Å². The molecule has 0 unspecified atom stereocenters. The average molecular weight is 394 g/mol. The monoisotopic (exact) mass is 394 g/mol. The fourth-order valence-electron chi connectivity index (χ4n) is 2.82. The van der Waals surface area contributed by atoms with Gasteiger partial charge in [0.2, 0.25) is 15.9 Å². The number of rotatable bonds is 8. The van der Waals surface area contributed by atoms with Crippen LogP contribution in [0.2, 0.25) is 0 Å². The summed E-state index contributed by atoms with van der Waals surface area (Å²) in [7, 11) is -2.36. The smallest absolute Gasteiger partial charge is 0.244 e. The molecule has 0 aliphatic carbocycles. The van der Waals surface area contributed by atoms with E-state index in [1.807, 2.05) is 12.1 Å². The van der Waals surface area contributed by atoms with Crippen LogP contribution >= 0.6 is 0 Å². The molecule has 2 aromatic carbocycles. The van der Waals surface area contributed by atoms with E-state index in [1.165, 1.54) is 25.3 Å². The van der Waals surface area contributed by atoms with Gasteiger partial charge in [0.25, 0.3) is 0 Å². The van der Waals surface area contributed by atoms with Gasteiger partial charge in [-0.2, -0.15) is 0 Å². The SMILES string of the molecule is CC[C@H](C(=O)NCc1ccccc1OC)N(c1ccccc1F)S(C)(=O)=O. The lowest BCUT2D eigenvalue weighted by atomic mass is 10.1. The molecule has 0 saturated heterocycles. The van der Waals surface area contributed by atoms with E-state index in [2.05, 4.69) is 5.32 Å². The Hall–Kier alpha value is -2.61. The minimum atomic E-state index is -3.88. The fraction of sp³-hybridized carbons (Fsp3) is 0.316. The van der Waals surface area contributed by atoms with Crippen LogP contribution < -0.4 is 14.4 Å². The van der Waals surface area contributed by atoms with E-state index in [9.17, 15) is 17.6 Å². The number of nitrogens with one attached hydrogen (secondary N) is 1. The van der Waals surface area contributed by atoms with Gasteiger partial charge < -0.3 is 10.1 Å². The molecule has 6 nitrogen and oxygen atoms in total. The molecule has 0 saturated carbocycles. The van der Waals surface area contributed by atoms with Crippen molar-refractivity contribution in [3.8, 4) is 5.75 Å². The third-order valence-corrected chi connectivity index (χ3v) is 5.23. The van der Waals surface area contributed by atoms with Gasteiger partial charge in [0.15, 0.2) is 0 Å². The number of anilines is 1. The first kappa shape index (κ1) is 20.7. The predicted octanol–water partition coefficient (Wildman–Crippen LogP) is 2.70. The number of carbonyl (C=O) groups is 1. The van der Waals surface area contributed by atoms with Gasteiger partial charge in [0.05, 0.1) is 19.1 Å². The third-order valence-electron chi connectivity index (χ3n) is 4.07. The van der Waals surface area contributed by atoms with Gasteiger partial charge in [-0.1, -0.05) is 37.3 Å². The van der Waals surface area contributed by atoms with E-state index < -0.39 is 27.8 Å². The van der Waals surface area contributed by atoms with Crippen molar-refractivity contribution < 1.29 is 22.3 Å². The number of sulfonamides is 1. The van der Waals surface area contributed by atoms with Crippen LogP contribution in [-0.4, -0.2) is 33.7 Å². The topological polar surface area (TPSA) is 75.7 Å². The number of ether oxygens (including phenoxy) is 1. The molecular formula is C19H23FN2O4S. The Morgan fingerprint density at radius 2 is 1.81 bits per heavy atom. The van der Waals surface area contributed by atoms with Crippen LogP contribution in [0.1, 0.15) is 18.9 Å². The Kier molecular flexibility index (Phi) is 6.79. The normalized spacial score (nSPS) is 12.3. The summed E-state index contributed by atoms with van der Waals surface area (Å²) >= 11 is 0.